The van der Waals surface area contributed by atoms with Gasteiger partial charge in [-0.05, 0) is 63.2 Å². The second-order valence-electron chi connectivity index (χ2n) is 7.55. The summed E-state index contributed by atoms with van der Waals surface area (Å²) in [4.78, 5) is 12.2. The Kier molecular flexibility index (Phi) is 3.68. The summed E-state index contributed by atoms with van der Waals surface area (Å²) < 4.78 is 6.15. The third-order valence-electron chi connectivity index (χ3n) is 6.29. The molecule has 3 fully saturated rings. The van der Waals surface area contributed by atoms with Crippen LogP contribution in [0, 0.1) is 23.7 Å². The van der Waals surface area contributed by atoms with Crippen molar-refractivity contribution in [2.45, 2.75) is 70.8 Å². The van der Waals surface area contributed by atoms with E-state index in [1.54, 1.807) is 6.92 Å². The van der Waals surface area contributed by atoms with Gasteiger partial charge in [0, 0.05) is 11.5 Å². The van der Waals surface area contributed by atoms with E-state index >= 15 is 0 Å². The zero-order chi connectivity index (χ0) is 14.3. The van der Waals surface area contributed by atoms with E-state index in [2.05, 4.69) is 13.5 Å². The Morgan fingerprint density at radius 3 is 2.55 bits per heavy atom. The predicted molar refractivity (Wildman–Crippen MR) is 80.2 cm³/mol. The largest absolute Gasteiger partial charge is 0.455 e. The van der Waals surface area contributed by atoms with E-state index < -0.39 is 0 Å². The first kappa shape index (κ1) is 14.2. The van der Waals surface area contributed by atoms with Crippen LogP contribution in [0.5, 0.6) is 0 Å². The van der Waals surface area contributed by atoms with Crippen LogP contribution < -0.4 is 0 Å². The van der Waals surface area contributed by atoms with Crippen LogP contribution in [0.4, 0.5) is 0 Å². The SMILES string of the molecule is C=C(C)C(=O)OC1(C2CC3CCC2C3)CCCCC1C. The van der Waals surface area contributed by atoms with Crippen molar-refractivity contribution in [3.8, 4) is 0 Å². The highest BCUT2D eigenvalue weighted by Gasteiger charge is 2.55. The lowest BCUT2D eigenvalue weighted by Crippen LogP contribution is -2.51. The number of carbonyl (C=O) groups excluding carboxylic acids is 1. The predicted octanol–water partition coefficient (Wildman–Crippen LogP) is 4.49. The molecule has 5 unspecified atom stereocenters. The van der Waals surface area contributed by atoms with Crippen molar-refractivity contribution >= 4 is 5.97 Å². The van der Waals surface area contributed by atoms with Crippen LogP contribution in [-0.4, -0.2) is 11.6 Å². The molecule has 0 aromatic heterocycles. The molecule has 2 heteroatoms. The molecule has 0 aromatic carbocycles. The maximum Gasteiger partial charge on any atom is 0.333 e. The molecule has 0 heterocycles. The van der Waals surface area contributed by atoms with E-state index in [1.165, 1.54) is 44.9 Å². The molecule has 0 aromatic rings. The van der Waals surface area contributed by atoms with E-state index in [4.69, 9.17) is 4.74 Å². The van der Waals surface area contributed by atoms with Crippen molar-refractivity contribution in [3.05, 3.63) is 12.2 Å². The highest BCUT2D eigenvalue weighted by molar-refractivity contribution is 5.87. The summed E-state index contributed by atoms with van der Waals surface area (Å²) in [7, 11) is 0. The minimum absolute atomic E-state index is 0.165. The Morgan fingerprint density at radius 1 is 1.20 bits per heavy atom. The summed E-state index contributed by atoms with van der Waals surface area (Å²) in [6.07, 6.45) is 10.2. The lowest BCUT2D eigenvalue weighted by atomic mass is 9.64. The maximum atomic E-state index is 12.2. The number of esters is 1. The normalized spacial score (nSPS) is 43.5. The Balaban J connectivity index is 1.86. The zero-order valence-electron chi connectivity index (χ0n) is 13.0. The van der Waals surface area contributed by atoms with E-state index in [1.807, 2.05) is 0 Å². The first-order valence-electron chi connectivity index (χ1n) is 8.42. The van der Waals surface area contributed by atoms with Crippen LogP contribution in [0.15, 0.2) is 12.2 Å². The summed E-state index contributed by atoms with van der Waals surface area (Å²) in [5, 5.41) is 0. The van der Waals surface area contributed by atoms with Crippen LogP contribution >= 0.6 is 0 Å². The van der Waals surface area contributed by atoms with Gasteiger partial charge in [0.2, 0.25) is 0 Å². The molecule has 0 N–H and O–H groups in total. The molecule has 20 heavy (non-hydrogen) atoms. The molecular formula is C18H28O2. The smallest absolute Gasteiger partial charge is 0.333 e. The highest BCUT2D eigenvalue weighted by atomic mass is 16.6. The molecule has 2 nitrogen and oxygen atoms in total. The van der Waals surface area contributed by atoms with Crippen LogP contribution in [-0.2, 0) is 9.53 Å². The average molecular weight is 276 g/mol. The molecule has 3 aliphatic rings. The molecular weight excluding hydrogens is 248 g/mol. The summed E-state index contributed by atoms with van der Waals surface area (Å²) in [5.74, 6) is 2.66. The molecule has 0 aliphatic heterocycles. The molecule has 0 radical (unpaired) electrons. The van der Waals surface area contributed by atoms with Gasteiger partial charge >= 0.3 is 5.97 Å². The van der Waals surface area contributed by atoms with Gasteiger partial charge in [0.1, 0.15) is 5.60 Å². The second-order valence-corrected chi connectivity index (χ2v) is 7.55. The van der Waals surface area contributed by atoms with Gasteiger partial charge in [0.25, 0.3) is 0 Å². The van der Waals surface area contributed by atoms with E-state index in [0.717, 1.165) is 18.3 Å². The van der Waals surface area contributed by atoms with Crippen LogP contribution in [0.3, 0.4) is 0 Å². The molecule has 2 bridgehead atoms. The van der Waals surface area contributed by atoms with E-state index in [-0.39, 0.29) is 11.6 Å². The average Bonchev–Trinajstić information content (AvgIpc) is 3.04. The van der Waals surface area contributed by atoms with Gasteiger partial charge < -0.3 is 4.74 Å². The molecule has 3 rings (SSSR count). The number of carbonyl (C=O) groups is 1. The Bertz CT molecular complexity index is 414. The number of hydrogen-bond donors (Lipinski definition) is 0. The monoisotopic (exact) mass is 276 g/mol. The second kappa shape index (κ2) is 5.20. The van der Waals surface area contributed by atoms with Crippen LogP contribution in [0.2, 0.25) is 0 Å². The van der Waals surface area contributed by atoms with Gasteiger partial charge in [-0.3, -0.25) is 0 Å². The summed E-state index contributed by atoms with van der Waals surface area (Å²) in [6.45, 7) is 7.85. The third-order valence-corrected chi connectivity index (χ3v) is 6.29. The number of ether oxygens (including phenoxy) is 1. The van der Waals surface area contributed by atoms with Gasteiger partial charge in [-0.1, -0.05) is 26.3 Å². The first-order chi connectivity index (χ1) is 9.53. The van der Waals surface area contributed by atoms with Crippen LogP contribution in [0.25, 0.3) is 0 Å². The van der Waals surface area contributed by atoms with Crippen molar-refractivity contribution in [2.75, 3.05) is 0 Å². The Hall–Kier alpha value is -0.790. The number of rotatable bonds is 3. The first-order valence-corrected chi connectivity index (χ1v) is 8.42. The van der Waals surface area contributed by atoms with Gasteiger partial charge in [-0.15, -0.1) is 0 Å². The highest BCUT2D eigenvalue weighted by Crippen LogP contribution is 2.57. The van der Waals surface area contributed by atoms with Crippen molar-refractivity contribution < 1.29 is 9.53 Å². The minimum atomic E-state index is -0.186. The molecule has 3 aliphatic carbocycles. The summed E-state index contributed by atoms with van der Waals surface area (Å²) in [5.41, 5.74) is 0.360. The van der Waals surface area contributed by atoms with Gasteiger partial charge in [0.15, 0.2) is 0 Å². The molecule has 3 saturated carbocycles. The minimum Gasteiger partial charge on any atom is -0.455 e. The Labute approximate surface area is 123 Å². The van der Waals surface area contributed by atoms with E-state index in [0.29, 0.717) is 17.4 Å². The van der Waals surface area contributed by atoms with E-state index in [9.17, 15) is 4.79 Å². The van der Waals surface area contributed by atoms with Gasteiger partial charge in [0.05, 0.1) is 0 Å². The standard InChI is InChI=1S/C18H28O2/c1-12(2)17(19)20-18(9-5-4-6-13(18)3)16-11-14-7-8-15(16)10-14/h13-16H,1,4-11H2,2-3H3. The number of fused-ring (bicyclic) bond motifs is 2. The fourth-order valence-electron chi connectivity index (χ4n) is 5.22. The van der Waals surface area contributed by atoms with Crippen molar-refractivity contribution in [2.24, 2.45) is 23.7 Å². The van der Waals surface area contributed by atoms with Gasteiger partial charge in [-0.25, -0.2) is 4.79 Å². The quantitative estimate of drug-likeness (QED) is 0.561. The van der Waals surface area contributed by atoms with Crippen molar-refractivity contribution in [1.29, 1.82) is 0 Å². The zero-order valence-corrected chi connectivity index (χ0v) is 13.0. The summed E-state index contributed by atoms with van der Waals surface area (Å²) >= 11 is 0. The third kappa shape index (κ3) is 2.21. The maximum absolute atomic E-state index is 12.2. The fraction of sp³-hybridized carbons (Fsp3) is 0.833. The molecule has 5 atom stereocenters. The van der Waals surface area contributed by atoms with Crippen LogP contribution in [0.1, 0.15) is 65.2 Å². The lowest BCUT2D eigenvalue weighted by molar-refractivity contribution is -0.180. The Morgan fingerprint density at radius 2 is 2.00 bits per heavy atom. The molecule has 0 spiro atoms. The molecule has 0 saturated heterocycles. The lowest BCUT2D eigenvalue weighted by Gasteiger charge is -2.48. The topological polar surface area (TPSA) is 26.3 Å². The molecule has 112 valence electrons. The van der Waals surface area contributed by atoms with Gasteiger partial charge in [-0.2, -0.15) is 0 Å². The fourth-order valence-corrected chi connectivity index (χ4v) is 5.22. The number of hydrogen-bond acceptors (Lipinski definition) is 2. The summed E-state index contributed by atoms with van der Waals surface area (Å²) in [6, 6.07) is 0. The van der Waals surface area contributed by atoms with Crippen molar-refractivity contribution in [3.63, 3.8) is 0 Å². The van der Waals surface area contributed by atoms with Crippen molar-refractivity contribution in [1.82, 2.24) is 0 Å². The molecule has 0 amide bonds.